The molecule has 3 rings (SSSR count). The highest BCUT2D eigenvalue weighted by molar-refractivity contribution is 6.30. The van der Waals surface area contributed by atoms with Crippen LogP contribution in [0.4, 0.5) is 5.69 Å². The van der Waals surface area contributed by atoms with E-state index in [-0.39, 0.29) is 11.8 Å². The van der Waals surface area contributed by atoms with Crippen LogP contribution in [0.3, 0.4) is 0 Å². The van der Waals surface area contributed by atoms with Gasteiger partial charge in [0, 0.05) is 18.1 Å². The largest absolute Gasteiger partial charge is 0.481 e. The van der Waals surface area contributed by atoms with Gasteiger partial charge in [-0.2, -0.15) is 0 Å². The molecule has 0 bridgehead atoms. The van der Waals surface area contributed by atoms with E-state index < -0.39 is 6.10 Å². The Bertz CT molecular complexity index is 786. The summed E-state index contributed by atoms with van der Waals surface area (Å²) < 4.78 is 5.64. The number of rotatable bonds is 5. The minimum atomic E-state index is -0.717. The van der Waals surface area contributed by atoms with Gasteiger partial charge < -0.3 is 15.0 Å². The van der Waals surface area contributed by atoms with E-state index in [2.05, 4.69) is 5.32 Å². The Morgan fingerprint density at radius 3 is 2.42 bits per heavy atom. The normalized spacial score (nSPS) is 14.8. The van der Waals surface area contributed by atoms with Crippen LogP contribution in [0.25, 0.3) is 0 Å². The summed E-state index contributed by atoms with van der Waals surface area (Å²) in [4.78, 5) is 27.0. The van der Waals surface area contributed by atoms with Crippen molar-refractivity contribution in [3.05, 3.63) is 59.1 Å². The number of likely N-dealkylation sites (tertiary alicyclic amines) is 1. The molecule has 5 nitrogen and oxygen atoms in total. The molecule has 1 N–H and O–H groups in total. The van der Waals surface area contributed by atoms with E-state index in [9.17, 15) is 9.59 Å². The molecular weight excluding hydrogens is 352 g/mol. The van der Waals surface area contributed by atoms with Crippen LogP contribution in [0.15, 0.2) is 48.5 Å². The monoisotopic (exact) mass is 372 g/mol. The van der Waals surface area contributed by atoms with Crippen LogP contribution in [0.1, 0.15) is 30.1 Å². The van der Waals surface area contributed by atoms with Crippen molar-refractivity contribution in [2.24, 2.45) is 0 Å². The van der Waals surface area contributed by atoms with E-state index in [1.165, 1.54) is 0 Å². The number of halogens is 1. The number of hydrogen-bond donors (Lipinski definition) is 1. The molecule has 1 saturated heterocycles. The van der Waals surface area contributed by atoms with Crippen LogP contribution in [-0.2, 0) is 4.79 Å². The van der Waals surface area contributed by atoms with Crippen LogP contribution >= 0.6 is 11.6 Å². The highest BCUT2D eigenvalue weighted by atomic mass is 35.5. The number of carbonyl (C=O) groups is 2. The van der Waals surface area contributed by atoms with Crippen LogP contribution in [0.5, 0.6) is 5.75 Å². The standard InChI is InChI=1S/C20H21ClN2O3/c1-14(26-16-10-8-15(21)9-11-16)19(24)22-18-7-3-2-6-17(18)20(25)23-12-4-5-13-23/h2-3,6-11,14H,4-5,12-13H2,1H3,(H,22,24)/t14-/m1/s1. The van der Waals surface area contributed by atoms with Gasteiger partial charge in [0.1, 0.15) is 5.75 Å². The molecule has 0 aliphatic carbocycles. The lowest BCUT2D eigenvalue weighted by Crippen LogP contribution is -2.32. The van der Waals surface area contributed by atoms with Gasteiger partial charge in [-0.3, -0.25) is 9.59 Å². The predicted octanol–water partition coefficient (Wildman–Crippen LogP) is 3.98. The molecule has 1 aliphatic rings. The summed E-state index contributed by atoms with van der Waals surface area (Å²) in [5.41, 5.74) is 1.00. The van der Waals surface area contributed by atoms with E-state index in [0.717, 1.165) is 25.9 Å². The molecule has 2 aromatic rings. The first-order chi connectivity index (χ1) is 12.5. The summed E-state index contributed by atoms with van der Waals surface area (Å²) >= 11 is 5.85. The predicted molar refractivity (Wildman–Crippen MR) is 102 cm³/mol. The summed E-state index contributed by atoms with van der Waals surface area (Å²) in [7, 11) is 0. The second kappa shape index (κ2) is 8.23. The van der Waals surface area contributed by atoms with Crippen molar-refractivity contribution in [2.75, 3.05) is 18.4 Å². The maximum atomic E-state index is 12.7. The molecule has 0 saturated carbocycles. The number of amides is 2. The summed E-state index contributed by atoms with van der Waals surface area (Å²) in [6.07, 6.45) is 1.32. The van der Waals surface area contributed by atoms with Crippen molar-refractivity contribution in [1.29, 1.82) is 0 Å². The van der Waals surface area contributed by atoms with Gasteiger partial charge in [-0.25, -0.2) is 0 Å². The number of carbonyl (C=O) groups excluding carboxylic acids is 2. The molecule has 0 aromatic heterocycles. The van der Waals surface area contributed by atoms with Crippen LogP contribution in [-0.4, -0.2) is 35.9 Å². The number of nitrogens with one attached hydrogen (secondary N) is 1. The lowest BCUT2D eigenvalue weighted by Gasteiger charge is -2.19. The minimum Gasteiger partial charge on any atom is -0.481 e. The topological polar surface area (TPSA) is 58.6 Å². The molecule has 1 aliphatic heterocycles. The van der Waals surface area contributed by atoms with Gasteiger partial charge in [-0.1, -0.05) is 23.7 Å². The lowest BCUT2D eigenvalue weighted by atomic mass is 10.1. The molecule has 26 heavy (non-hydrogen) atoms. The average Bonchev–Trinajstić information content (AvgIpc) is 3.18. The number of nitrogens with zero attached hydrogens (tertiary/aromatic N) is 1. The zero-order valence-corrected chi connectivity index (χ0v) is 15.3. The fourth-order valence-corrected chi connectivity index (χ4v) is 3.00. The van der Waals surface area contributed by atoms with E-state index in [1.807, 2.05) is 4.90 Å². The maximum absolute atomic E-state index is 12.7. The molecule has 1 fully saturated rings. The number of anilines is 1. The van der Waals surface area contributed by atoms with Crippen molar-refractivity contribution < 1.29 is 14.3 Å². The number of benzene rings is 2. The van der Waals surface area contributed by atoms with Gasteiger partial charge in [0.05, 0.1) is 11.3 Å². The maximum Gasteiger partial charge on any atom is 0.265 e. The third kappa shape index (κ3) is 4.35. The van der Waals surface area contributed by atoms with E-state index in [1.54, 1.807) is 55.5 Å². The molecule has 6 heteroatoms. The fraction of sp³-hybridized carbons (Fsp3) is 0.300. The van der Waals surface area contributed by atoms with Gasteiger partial charge in [0.15, 0.2) is 6.10 Å². The van der Waals surface area contributed by atoms with Crippen molar-refractivity contribution in [1.82, 2.24) is 4.90 Å². The van der Waals surface area contributed by atoms with Crippen molar-refractivity contribution >= 4 is 29.1 Å². The Morgan fingerprint density at radius 2 is 1.73 bits per heavy atom. The van der Waals surface area contributed by atoms with Gasteiger partial charge in [0.2, 0.25) is 0 Å². The van der Waals surface area contributed by atoms with Gasteiger partial charge >= 0.3 is 0 Å². The van der Waals surface area contributed by atoms with Gasteiger partial charge in [-0.15, -0.1) is 0 Å². The van der Waals surface area contributed by atoms with Crippen molar-refractivity contribution in [3.8, 4) is 5.75 Å². The molecule has 0 radical (unpaired) electrons. The molecular formula is C20H21ClN2O3. The SMILES string of the molecule is C[C@@H](Oc1ccc(Cl)cc1)C(=O)Nc1ccccc1C(=O)N1CCCC1. The highest BCUT2D eigenvalue weighted by Gasteiger charge is 2.23. The first-order valence-electron chi connectivity index (χ1n) is 8.66. The van der Waals surface area contributed by atoms with Gasteiger partial charge in [-0.05, 0) is 56.2 Å². The Kier molecular flexibility index (Phi) is 5.78. The minimum absolute atomic E-state index is 0.0512. The van der Waals surface area contributed by atoms with Crippen LogP contribution in [0.2, 0.25) is 5.02 Å². The third-order valence-electron chi connectivity index (χ3n) is 4.30. The fourth-order valence-electron chi connectivity index (χ4n) is 2.87. The van der Waals surface area contributed by atoms with E-state index >= 15 is 0 Å². The zero-order chi connectivity index (χ0) is 18.5. The molecule has 136 valence electrons. The molecule has 0 spiro atoms. The Hall–Kier alpha value is -2.53. The van der Waals surface area contributed by atoms with Crippen molar-refractivity contribution in [2.45, 2.75) is 25.9 Å². The summed E-state index contributed by atoms with van der Waals surface area (Å²) in [6.45, 7) is 3.18. The van der Waals surface area contributed by atoms with Gasteiger partial charge in [0.25, 0.3) is 11.8 Å². The molecule has 2 aromatic carbocycles. The molecule has 0 unspecified atom stereocenters. The van der Waals surface area contributed by atoms with Crippen LogP contribution < -0.4 is 10.1 Å². The summed E-state index contributed by atoms with van der Waals surface area (Å²) in [6, 6.07) is 13.9. The average molecular weight is 373 g/mol. The Balaban J connectivity index is 1.68. The van der Waals surface area contributed by atoms with Crippen LogP contribution in [0, 0.1) is 0 Å². The van der Waals surface area contributed by atoms with Crippen molar-refractivity contribution in [3.63, 3.8) is 0 Å². The molecule has 2 amide bonds. The first kappa shape index (κ1) is 18.3. The quantitative estimate of drug-likeness (QED) is 0.863. The second-order valence-electron chi connectivity index (χ2n) is 6.25. The summed E-state index contributed by atoms with van der Waals surface area (Å²) in [5, 5.41) is 3.41. The smallest absolute Gasteiger partial charge is 0.265 e. The lowest BCUT2D eigenvalue weighted by molar-refractivity contribution is -0.122. The van der Waals surface area contributed by atoms with E-state index in [4.69, 9.17) is 16.3 Å². The summed E-state index contributed by atoms with van der Waals surface area (Å²) in [5.74, 6) is 0.185. The third-order valence-corrected chi connectivity index (χ3v) is 4.56. The highest BCUT2D eigenvalue weighted by Crippen LogP contribution is 2.21. The van der Waals surface area contributed by atoms with E-state index in [0.29, 0.717) is 22.0 Å². The number of para-hydroxylation sites is 1. The first-order valence-corrected chi connectivity index (χ1v) is 9.04. The Morgan fingerprint density at radius 1 is 1.08 bits per heavy atom. The zero-order valence-electron chi connectivity index (χ0n) is 14.6. The molecule has 1 heterocycles. The Labute approximate surface area is 157 Å². The second-order valence-corrected chi connectivity index (χ2v) is 6.68. The molecule has 1 atom stereocenters. The number of ether oxygens (including phenoxy) is 1. The number of hydrogen-bond acceptors (Lipinski definition) is 3.